The Labute approximate surface area is 58.2 Å². The number of guanidine groups is 1. The molecule has 0 aliphatic heterocycles. The Morgan fingerprint density at radius 2 is 1.78 bits per heavy atom. The van der Waals surface area contributed by atoms with E-state index in [0.29, 0.717) is 0 Å². The van der Waals surface area contributed by atoms with Crippen LogP contribution in [0.25, 0.3) is 0 Å². The van der Waals surface area contributed by atoms with E-state index in [1.54, 1.807) is 0 Å². The van der Waals surface area contributed by atoms with Crippen molar-refractivity contribution < 1.29 is 13.0 Å². The van der Waals surface area contributed by atoms with Gasteiger partial charge in [-0.2, -0.15) is 8.42 Å². The fourth-order valence-electron chi connectivity index (χ4n) is 0.133. The molecule has 0 aliphatic carbocycles. The Kier molecular flexibility index (Phi) is 4.37. The van der Waals surface area contributed by atoms with Crippen molar-refractivity contribution in [3.8, 4) is 0 Å². The summed E-state index contributed by atoms with van der Waals surface area (Å²) in [6, 6.07) is 0. The molecule has 0 aromatic heterocycles. The van der Waals surface area contributed by atoms with E-state index >= 15 is 0 Å². The summed E-state index contributed by atoms with van der Waals surface area (Å²) in [5.41, 5.74) is 9.13. The second kappa shape index (κ2) is 3.49. The maximum atomic E-state index is 9.65. The first-order valence-electron chi connectivity index (χ1n) is 1.50. The maximum absolute atomic E-state index is 9.65. The van der Waals surface area contributed by atoms with Gasteiger partial charge in [0.25, 0.3) is 0 Å². The minimum atomic E-state index is -4.39. The molecule has 56 valence electrons. The molecule has 0 aromatic rings. The smallest absolute Gasteiger partial charge is 0.369 e. The average Bonchev–Trinajstić information content (AvgIpc) is 1.21. The minimum Gasteiger partial charge on any atom is -0.369 e. The molecular weight excluding hydrogens is 170 g/mol. The summed E-state index contributed by atoms with van der Waals surface area (Å²) < 4.78 is 29.5. The van der Waals surface area contributed by atoms with Crippen LogP contribution in [0.5, 0.6) is 0 Å². The Bertz CT molecular complexity index is 191. The molecule has 0 fully saturated rings. The first kappa shape index (κ1) is 11.3. The van der Waals surface area contributed by atoms with Crippen LogP contribution in [0.3, 0.4) is 0 Å². The van der Waals surface area contributed by atoms with Gasteiger partial charge in [0.2, 0.25) is 5.96 Å². The van der Waals surface area contributed by atoms with Gasteiger partial charge in [0.1, 0.15) is 0 Å². The third-order valence-corrected chi connectivity index (χ3v) is 0.662. The molecule has 0 atom stereocenters. The Balaban J connectivity index is 0. The number of nitrogens with zero attached hydrogens (tertiary/aromatic N) is 1. The van der Waals surface area contributed by atoms with E-state index < -0.39 is 16.3 Å². The minimum absolute atomic E-state index is 0. The number of hydrogen-bond donors (Lipinski definition) is 3. The van der Waals surface area contributed by atoms with E-state index in [4.69, 9.17) is 4.55 Å². The maximum Gasteiger partial charge on any atom is 0.381 e. The van der Waals surface area contributed by atoms with Crippen molar-refractivity contribution in [1.29, 1.82) is 0 Å². The Morgan fingerprint density at radius 1 is 1.44 bits per heavy atom. The first-order valence-corrected chi connectivity index (χ1v) is 2.90. The predicted molar refractivity (Wildman–Crippen MR) is 34.6 cm³/mol. The lowest BCUT2D eigenvalue weighted by molar-refractivity contribution is 0.485. The quantitative estimate of drug-likeness (QED) is 0.254. The topological polar surface area (TPSA) is 119 Å². The van der Waals surface area contributed by atoms with Gasteiger partial charge in [0.05, 0.1) is 0 Å². The van der Waals surface area contributed by atoms with Crippen molar-refractivity contribution in [1.82, 2.24) is 0 Å². The monoisotopic (exact) mass is 175 g/mol. The van der Waals surface area contributed by atoms with Crippen LogP contribution in [0.1, 0.15) is 0 Å². The number of hydrogen-bond acceptors (Lipinski definition) is 2. The molecule has 0 saturated carbocycles. The second-order valence-corrected chi connectivity index (χ2v) is 2.04. The van der Waals surface area contributed by atoms with Crippen LogP contribution in [-0.2, 0) is 10.3 Å². The molecule has 6 nitrogen and oxygen atoms in total. The van der Waals surface area contributed by atoms with Crippen LogP contribution in [0, 0.1) is 0 Å². The summed E-state index contributed by atoms with van der Waals surface area (Å²) in [5.74, 6) is -0.687. The number of nitrogens with two attached hydrogens (primary N) is 2. The standard InChI is InChI=1S/CH5N3O3S.ClH/c2-1(3)4-8(5,6)7;/h(H4,2,3,4)(H,5,6,7);1H. The zero-order valence-electron chi connectivity index (χ0n) is 4.18. The van der Waals surface area contributed by atoms with E-state index in [-0.39, 0.29) is 12.4 Å². The molecule has 8 heteroatoms. The zero-order chi connectivity index (χ0) is 6.78. The summed E-state index contributed by atoms with van der Waals surface area (Å²) in [7, 11) is -4.39. The molecule has 5 N–H and O–H groups in total. The summed E-state index contributed by atoms with van der Waals surface area (Å²) in [5, 5.41) is 0. The van der Waals surface area contributed by atoms with E-state index in [0.717, 1.165) is 0 Å². The number of rotatable bonds is 1. The molecule has 0 heterocycles. The van der Waals surface area contributed by atoms with Crippen molar-refractivity contribution in [2.45, 2.75) is 0 Å². The van der Waals surface area contributed by atoms with Gasteiger partial charge in [-0.3, -0.25) is 4.55 Å². The Morgan fingerprint density at radius 3 is 1.78 bits per heavy atom. The highest BCUT2D eigenvalue weighted by molar-refractivity contribution is 7.84. The summed E-state index contributed by atoms with van der Waals surface area (Å²) in [6.07, 6.45) is 0. The fourth-order valence-corrected chi connectivity index (χ4v) is 0.400. The van der Waals surface area contributed by atoms with Gasteiger partial charge in [0.15, 0.2) is 0 Å². The highest BCUT2D eigenvalue weighted by atomic mass is 35.5. The molecular formula is CH6ClN3O3S. The Hall–Kier alpha value is -0.530. The van der Waals surface area contributed by atoms with Gasteiger partial charge in [0, 0.05) is 0 Å². The van der Waals surface area contributed by atoms with Crippen LogP contribution in [0.4, 0.5) is 0 Å². The summed E-state index contributed by atoms with van der Waals surface area (Å²) in [6.45, 7) is 0. The lowest BCUT2D eigenvalue weighted by atomic mass is 11.1. The molecule has 0 saturated heterocycles. The van der Waals surface area contributed by atoms with Crippen molar-refractivity contribution in [3.63, 3.8) is 0 Å². The zero-order valence-corrected chi connectivity index (χ0v) is 5.82. The van der Waals surface area contributed by atoms with Crippen LogP contribution in [-0.4, -0.2) is 18.9 Å². The summed E-state index contributed by atoms with van der Waals surface area (Å²) >= 11 is 0. The highest BCUT2D eigenvalue weighted by Gasteiger charge is 1.96. The fraction of sp³-hybridized carbons (Fsp3) is 0. The molecule has 9 heavy (non-hydrogen) atoms. The molecule has 0 rings (SSSR count). The number of halogens is 1. The summed E-state index contributed by atoms with van der Waals surface area (Å²) in [4.78, 5) is 0. The lowest BCUT2D eigenvalue weighted by Crippen LogP contribution is -2.24. The van der Waals surface area contributed by atoms with Crippen LogP contribution >= 0.6 is 12.4 Å². The van der Waals surface area contributed by atoms with Gasteiger partial charge in [-0.25, -0.2) is 0 Å². The van der Waals surface area contributed by atoms with Gasteiger partial charge in [-0.1, -0.05) is 0 Å². The third-order valence-electron chi connectivity index (χ3n) is 0.221. The van der Waals surface area contributed by atoms with Crippen LogP contribution < -0.4 is 11.5 Å². The van der Waals surface area contributed by atoms with Crippen molar-refractivity contribution in [3.05, 3.63) is 0 Å². The highest BCUT2D eigenvalue weighted by Crippen LogP contribution is 1.78. The van der Waals surface area contributed by atoms with Gasteiger partial charge in [-0.05, 0) is 0 Å². The van der Waals surface area contributed by atoms with Gasteiger partial charge in [-0.15, -0.1) is 16.8 Å². The van der Waals surface area contributed by atoms with Gasteiger partial charge < -0.3 is 11.5 Å². The molecule has 0 radical (unpaired) electrons. The average molecular weight is 176 g/mol. The van der Waals surface area contributed by atoms with E-state index in [1.165, 1.54) is 0 Å². The molecule has 0 unspecified atom stereocenters. The predicted octanol–water partition coefficient (Wildman–Crippen LogP) is -1.52. The van der Waals surface area contributed by atoms with Crippen molar-refractivity contribution >= 4 is 28.7 Å². The van der Waals surface area contributed by atoms with Crippen molar-refractivity contribution in [2.24, 2.45) is 15.9 Å². The first-order chi connectivity index (χ1) is 3.42. The van der Waals surface area contributed by atoms with Crippen LogP contribution in [0.15, 0.2) is 4.40 Å². The third kappa shape index (κ3) is 11.2. The largest absolute Gasteiger partial charge is 0.381 e. The van der Waals surface area contributed by atoms with Crippen molar-refractivity contribution in [2.75, 3.05) is 0 Å². The van der Waals surface area contributed by atoms with Gasteiger partial charge >= 0.3 is 10.3 Å². The molecule has 0 amide bonds. The molecule has 0 bridgehead atoms. The molecule has 0 spiro atoms. The lowest BCUT2D eigenvalue weighted by Gasteiger charge is -1.84. The molecule has 0 aliphatic rings. The van der Waals surface area contributed by atoms with E-state index in [2.05, 4.69) is 15.9 Å². The van der Waals surface area contributed by atoms with E-state index in [9.17, 15) is 8.42 Å². The normalized spacial score (nSPS) is 9.44. The molecule has 0 aromatic carbocycles. The van der Waals surface area contributed by atoms with Crippen LogP contribution in [0.2, 0.25) is 0 Å². The van der Waals surface area contributed by atoms with E-state index in [1.807, 2.05) is 0 Å². The second-order valence-electron chi connectivity index (χ2n) is 0.964. The SMILES string of the molecule is Cl.NC(N)=NS(=O)(=O)O.